The van der Waals surface area contributed by atoms with Gasteiger partial charge < -0.3 is 14.5 Å². The number of anilines is 2. The van der Waals surface area contributed by atoms with E-state index >= 15 is 0 Å². The Kier molecular flexibility index (Phi) is 7.37. The molecule has 1 aliphatic heterocycles. The van der Waals surface area contributed by atoms with Crippen LogP contribution < -0.4 is 9.80 Å². The molecule has 0 saturated carbocycles. The van der Waals surface area contributed by atoms with Gasteiger partial charge in [0.2, 0.25) is 0 Å². The number of hydrogen-bond acceptors (Lipinski definition) is 6. The lowest BCUT2D eigenvalue weighted by molar-refractivity contribution is -0.384. The lowest BCUT2D eigenvalue weighted by Crippen LogP contribution is -2.39. The third-order valence-corrected chi connectivity index (χ3v) is 5.27. The van der Waals surface area contributed by atoms with Gasteiger partial charge in [0.05, 0.1) is 10.8 Å². The highest BCUT2D eigenvalue weighted by Gasteiger charge is 2.29. The van der Waals surface area contributed by atoms with E-state index in [1.807, 2.05) is 35.2 Å². The minimum absolute atomic E-state index is 0.0531. The number of nitrogens with zero attached hydrogens (tertiary/aromatic N) is 3. The van der Waals surface area contributed by atoms with Crippen molar-refractivity contribution in [2.75, 3.05) is 36.0 Å². The van der Waals surface area contributed by atoms with Gasteiger partial charge in [-0.15, -0.1) is 6.58 Å². The quantitative estimate of drug-likeness (QED) is 0.279. The molecule has 162 valence electrons. The third kappa shape index (κ3) is 5.48. The topological polar surface area (TPSA) is 93.0 Å². The third-order valence-electron chi connectivity index (χ3n) is 5.27. The molecule has 8 heteroatoms. The predicted molar refractivity (Wildman–Crippen MR) is 118 cm³/mol. The van der Waals surface area contributed by atoms with E-state index in [9.17, 15) is 19.7 Å². The van der Waals surface area contributed by atoms with Crippen LogP contribution in [0, 0.1) is 16.0 Å². The Morgan fingerprint density at radius 1 is 1.13 bits per heavy atom. The minimum atomic E-state index is -0.415. The van der Waals surface area contributed by atoms with Crippen LogP contribution in [0.25, 0.3) is 0 Å². The molecule has 0 spiro atoms. The Balaban J connectivity index is 1.54. The summed E-state index contributed by atoms with van der Waals surface area (Å²) in [5, 5.41) is 11.3. The zero-order valence-corrected chi connectivity index (χ0v) is 17.2. The molecule has 0 radical (unpaired) electrons. The van der Waals surface area contributed by atoms with Gasteiger partial charge in [0.15, 0.2) is 6.61 Å². The average Bonchev–Trinajstić information content (AvgIpc) is 2.81. The Labute approximate surface area is 180 Å². The van der Waals surface area contributed by atoms with Crippen LogP contribution in [-0.2, 0) is 14.3 Å². The number of esters is 1. The zero-order chi connectivity index (χ0) is 22.2. The smallest absolute Gasteiger partial charge is 0.309 e. The summed E-state index contributed by atoms with van der Waals surface area (Å²) in [7, 11) is 0. The monoisotopic (exact) mass is 423 g/mol. The molecule has 2 aromatic carbocycles. The summed E-state index contributed by atoms with van der Waals surface area (Å²) in [6.07, 6.45) is 2.63. The summed E-state index contributed by atoms with van der Waals surface area (Å²) in [5.74, 6) is -1.07. The van der Waals surface area contributed by atoms with Crippen molar-refractivity contribution >= 4 is 28.9 Å². The highest BCUT2D eigenvalue weighted by atomic mass is 16.6. The number of hydrogen-bond donors (Lipinski definition) is 0. The molecule has 2 aromatic rings. The van der Waals surface area contributed by atoms with E-state index in [0.29, 0.717) is 43.9 Å². The van der Waals surface area contributed by atoms with Crippen LogP contribution in [-0.4, -0.2) is 43.0 Å². The Bertz CT molecular complexity index is 939. The maximum Gasteiger partial charge on any atom is 0.309 e. The fourth-order valence-electron chi connectivity index (χ4n) is 3.66. The van der Waals surface area contributed by atoms with Crippen LogP contribution in [0.4, 0.5) is 17.1 Å². The molecule has 8 nitrogen and oxygen atoms in total. The van der Waals surface area contributed by atoms with Gasteiger partial charge in [-0.3, -0.25) is 19.7 Å². The molecule has 1 fully saturated rings. The molecule has 0 bridgehead atoms. The van der Waals surface area contributed by atoms with E-state index in [-0.39, 0.29) is 24.1 Å². The van der Waals surface area contributed by atoms with Crippen molar-refractivity contribution in [2.45, 2.75) is 12.8 Å². The lowest BCUT2D eigenvalue weighted by Gasteiger charge is -2.32. The molecule has 0 aliphatic carbocycles. The first-order chi connectivity index (χ1) is 15.0. The van der Waals surface area contributed by atoms with Gasteiger partial charge in [-0.25, -0.2) is 0 Å². The number of benzene rings is 2. The van der Waals surface area contributed by atoms with Crippen LogP contribution in [0.3, 0.4) is 0 Å². The van der Waals surface area contributed by atoms with Crippen LogP contribution >= 0.6 is 0 Å². The molecule has 1 heterocycles. The Morgan fingerprint density at radius 2 is 1.77 bits per heavy atom. The first-order valence-corrected chi connectivity index (χ1v) is 10.1. The van der Waals surface area contributed by atoms with Gasteiger partial charge in [-0.1, -0.05) is 36.4 Å². The first-order valence-electron chi connectivity index (χ1n) is 10.1. The van der Waals surface area contributed by atoms with Gasteiger partial charge >= 0.3 is 5.97 Å². The summed E-state index contributed by atoms with van der Waals surface area (Å²) < 4.78 is 5.30. The van der Waals surface area contributed by atoms with E-state index < -0.39 is 10.9 Å². The zero-order valence-electron chi connectivity index (χ0n) is 17.2. The average molecular weight is 423 g/mol. The molecule has 1 amide bonds. The molecule has 0 unspecified atom stereocenters. The molecular weight excluding hydrogens is 398 g/mol. The number of nitro groups is 1. The number of piperidine rings is 1. The summed E-state index contributed by atoms with van der Waals surface area (Å²) in [4.78, 5) is 39.4. The molecular formula is C23H25N3O5. The number of para-hydroxylation sites is 3. The van der Waals surface area contributed by atoms with Crippen LogP contribution in [0.1, 0.15) is 12.8 Å². The molecule has 0 atom stereocenters. The Hall–Kier alpha value is -3.68. The SMILES string of the molecule is C=CCN(C(=O)COC(=O)C1CCN(c2ccccc2[N+](=O)[O-])CC1)c1ccccc1. The fourth-order valence-corrected chi connectivity index (χ4v) is 3.66. The Morgan fingerprint density at radius 3 is 2.42 bits per heavy atom. The van der Waals surface area contributed by atoms with Crippen molar-refractivity contribution in [1.29, 1.82) is 0 Å². The van der Waals surface area contributed by atoms with Gasteiger partial charge in [0.1, 0.15) is 5.69 Å². The molecule has 3 rings (SSSR count). The highest BCUT2D eigenvalue weighted by molar-refractivity contribution is 5.95. The van der Waals surface area contributed by atoms with E-state index in [0.717, 1.165) is 0 Å². The van der Waals surface area contributed by atoms with Gasteiger partial charge in [-0.2, -0.15) is 0 Å². The predicted octanol–water partition coefficient (Wildman–Crippen LogP) is 3.57. The van der Waals surface area contributed by atoms with Crippen molar-refractivity contribution in [1.82, 2.24) is 0 Å². The van der Waals surface area contributed by atoms with Crippen molar-refractivity contribution in [3.63, 3.8) is 0 Å². The summed E-state index contributed by atoms with van der Waals surface area (Å²) in [6, 6.07) is 15.7. The van der Waals surface area contributed by atoms with Crippen molar-refractivity contribution in [3.05, 3.63) is 77.4 Å². The number of ether oxygens (including phenoxy) is 1. The molecule has 1 saturated heterocycles. The van der Waals surface area contributed by atoms with Crippen molar-refractivity contribution < 1.29 is 19.2 Å². The second-order valence-corrected chi connectivity index (χ2v) is 7.24. The number of carbonyl (C=O) groups is 2. The van der Waals surface area contributed by atoms with Crippen LogP contribution in [0.2, 0.25) is 0 Å². The fraction of sp³-hybridized carbons (Fsp3) is 0.304. The number of carbonyl (C=O) groups excluding carboxylic acids is 2. The number of amides is 1. The van der Waals surface area contributed by atoms with Crippen LogP contribution in [0.5, 0.6) is 0 Å². The maximum atomic E-state index is 12.6. The molecule has 1 aliphatic rings. The standard InChI is InChI=1S/C23H25N3O5/c1-2-14-25(19-8-4-3-5-9-19)22(27)17-31-23(28)18-12-15-24(16-13-18)20-10-6-7-11-21(20)26(29)30/h2-11,18H,1,12-17H2. The second-order valence-electron chi connectivity index (χ2n) is 7.24. The van der Waals surface area contributed by atoms with E-state index in [1.54, 1.807) is 24.3 Å². The number of nitro benzene ring substituents is 1. The normalized spacial score (nSPS) is 14.0. The highest BCUT2D eigenvalue weighted by Crippen LogP contribution is 2.31. The van der Waals surface area contributed by atoms with Crippen molar-refractivity contribution in [2.24, 2.45) is 5.92 Å². The first kappa shape index (κ1) is 22.0. The summed E-state index contributed by atoms with van der Waals surface area (Å²) in [6.45, 7) is 4.66. The summed E-state index contributed by atoms with van der Waals surface area (Å²) in [5.41, 5.74) is 1.32. The van der Waals surface area contributed by atoms with E-state index in [2.05, 4.69) is 6.58 Å². The van der Waals surface area contributed by atoms with Crippen LogP contribution in [0.15, 0.2) is 67.3 Å². The maximum absolute atomic E-state index is 12.6. The largest absolute Gasteiger partial charge is 0.455 e. The van der Waals surface area contributed by atoms with Gasteiger partial charge in [0, 0.05) is 31.4 Å². The minimum Gasteiger partial charge on any atom is -0.455 e. The van der Waals surface area contributed by atoms with E-state index in [1.165, 1.54) is 11.0 Å². The van der Waals surface area contributed by atoms with Crippen molar-refractivity contribution in [3.8, 4) is 0 Å². The lowest BCUT2D eigenvalue weighted by atomic mass is 9.96. The number of rotatable bonds is 8. The molecule has 31 heavy (non-hydrogen) atoms. The van der Waals surface area contributed by atoms with Gasteiger partial charge in [-0.05, 0) is 31.0 Å². The summed E-state index contributed by atoms with van der Waals surface area (Å²) >= 11 is 0. The molecule has 0 N–H and O–H groups in total. The van der Waals surface area contributed by atoms with Gasteiger partial charge in [0.25, 0.3) is 11.6 Å². The van der Waals surface area contributed by atoms with E-state index in [4.69, 9.17) is 4.74 Å². The second kappa shape index (κ2) is 10.4. The molecule has 0 aromatic heterocycles.